The zero-order valence-electron chi connectivity index (χ0n) is 11.7. The second-order valence-corrected chi connectivity index (χ2v) is 7.38. The van der Waals surface area contributed by atoms with Crippen LogP contribution in [0.25, 0.3) is 10.8 Å². The van der Waals surface area contributed by atoms with Crippen molar-refractivity contribution in [1.82, 2.24) is 10.2 Å². The van der Waals surface area contributed by atoms with Crippen molar-refractivity contribution >= 4 is 29.1 Å². The van der Waals surface area contributed by atoms with E-state index in [0.717, 1.165) is 4.88 Å². The summed E-state index contributed by atoms with van der Waals surface area (Å²) in [5.41, 5.74) is -0.497. The molecule has 2 rings (SSSR count). The second-order valence-electron chi connectivity index (χ2n) is 5.14. The molecule has 0 aromatic carbocycles. The van der Waals surface area contributed by atoms with Crippen LogP contribution in [-0.4, -0.2) is 27.0 Å². The highest BCUT2D eigenvalue weighted by atomic mass is 32.2. The topological polar surface area (TPSA) is 65.2 Å². The molecule has 20 heavy (non-hydrogen) atoms. The first-order chi connectivity index (χ1) is 9.35. The van der Waals surface area contributed by atoms with Gasteiger partial charge in [-0.1, -0.05) is 17.8 Å². The smallest absolute Gasteiger partial charge is 0.319 e. The Balaban J connectivity index is 1.98. The quantitative estimate of drug-likeness (QED) is 0.634. The number of carbonyl (C=O) groups is 1. The van der Waals surface area contributed by atoms with E-state index in [2.05, 4.69) is 10.2 Å². The minimum absolute atomic E-state index is 0.293. The molecule has 0 radical (unpaired) electrons. The largest absolute Gasteiger partial charge is 0.459 e. The average Bonchev–Trinajstić information content (AvgIpc) is 2.95. The van der Waals surface area contributed by atoms with E-state index in [9.17, 15) is 4.79 Å². The lowest BCUT2D eigenvalue weighted by Gasteiger charge is -2.21. The Morgan fingerprint density at radius 1 is 1.45 bits per heavy atom. The van der Waals surface area contributed by atoms with Crippen LogP contribution in [0.5, 0.6) is 0 Å². The molecular weight excluding hydrogens is 296 g/mol. The molecule has 0 saturated carbocycles. The van der Waals surface area contributed by atoms with Gasteiger partial charge in [-0.15, -0.1) is 21.5 Å². The van der Waals surface area contributed by atoms with Gasteiger partial charge >= 0.3 is 5.97 Å². The predicted octanol–water partition coefficient (Wildman–Crippen LogP) is 3.62. The molecule has 5 nitrogen and oxygen atoms in total. The highest BCUT2D eigenvalue weighted by molar-refractivity contribution is 8.00. The van der Waals surface area contributed by atoms with Crippen LogP contribution in [0.4, 0.5) is 0 Å². The molecule has 2 aromatic heterocycles. The molecule has 0 aliphatic heterocycles. The monoisotopic (exact) mass is 312 g/mol. The highest BCUT2D eigenvalue weighted by Crippen LogP contribution is 2.29. The Hall–Kier alpha value is -1.34. The molecule has 0 spiro atoms. The van der Waals surface area contributed by atoms with E-state index in [1.54, 1.807) is 6.92 Å². The third-order valence-corrected chi connectivity index (χ3v) is 3.93. The Labute approximate surface area is 125 Å². The van der Waals surface area contributed by atoms with Crippen molar-refractivity contribution in [2.75, 3.05) is 0 Å². The molecule has 1 unspecified atom stereocenters. The van der Waals surface area contributed by atoms with Crippen LogP contribution in [0.3, 0.4) is 0 Å². The van der Waals surface area contributed by atoms with E-state index in [0.29, 0.717) is 11.1 Å². The number of nitrogens with zero attached hydrogens (tertiary/aromatic N) is 2. The molecule has 0 aliphatic rings. The summed E-state index contributed by atoms with van der Waals surface area (Å²) >= 11 is 2.73. The number of carbonyl (C=O) groups excluding carboxylic acids is 1. The summed E-state index contributed by atoms with van der Waals surface area (Å²) in [5, 5.41) is 9.81. The first-order valence-electron chi connectivity index (χ1n) is 6.12. The molecule has 108 valence electrons. The van der Waals surface area contributed by atoms with Crippen LogP contribution < -0.4 is 0 Å². The van der Waals surface area contributed by atoms with Crippen LogP contribution in [0, 0.1) is 0 Å². The van der Waals surface area contributed by atoms with Gasteiger partial charge < -0.3 is 9.15 Å². The number of thioether (sulfide) groups is 1. The van der Waals surface area contributed by atoms with Gasteiger partial charge in [0.2, 0.25) is 0 Å². The van der Waals surface area contributed by atoms with Crippen molar-refractivity contribution in [2.45, 2.75) is 43.8 Å². The Kier molecular flexibility index (Phi) is 4.49. The lowest BCUT2D eigenvalue weighted by Crippen LogP contribution is -2.28. The van der Waals surface area contributed by atoms with E-state index in [1.165, 1.54) is 23.1 Å². The minimum atomic E-state index is -0.497. The van der Waals surface area contributed by atoms with Crippen LogP contribution >= 0.6 is 23.1 Å². The third kappa shape index (κ3) is 4.08. The predicted molar refractivity (Wildman–Crippen MR) is 78.8 cm³/mol. The first-order valence-corrected chi connectivity index (χ1v) is 7.88. The van der Waals surface area contributed by atoms with Gasteiger partial charge in [-0.05, 0) is 39.1 Å². The van der Waals surface area contributed by atoms with E-state index in [1.807, 2.05) is 38.3 Å². The third-order valence-electron chi connectivity index (χ3n) is 2.15. The van der Waals surface area contributed by atoms with Crippen molar-refractivity contribution < 1.29 is 13.9 Å². The van der Waals surface area contributed by atoms with Gasteiger partial charge in [-0.2, -0.15) is 0 Å². The van der Waals surface area contributed by atoms with Gasteiger partial charge in [0.1, 0.15) is 10.9 Å². The molecule has 0 fully saturated rings. The van der Waals surface area contributed by atoms with Gasteiger partial charge in [0.05, 0.1) is 4.88 Å². The van der Waals surface area contributed by atoms with Crippen molar-refractivity contribution in [3.8, 4) is 10.8 Å². The number of ether oxygens (including phenoxy) is 1. The van der Waals surface area contributed by atoms with Gasteiger partial charge in [-0.25, -0.2) is 0 Å². The van der Waals surface area contributed by atoms with E-state index < -0.39 is 10.9 Å². The van der Waals surface area contributed by atoms with E-state index in [-0.39, 0.29) is 5.97 Å². The number of hydrogen-bond donors (Lipinski definition) is 0. The maximum Gasteiger partial charge on any atom is 0.319 e. The minimum Gasteiger partial charge on any atom is -0.459 e. The van der Waals surface area contributed by atoms with Gasteiger partial charge in [0, 0.05) is 0 Å². The summed E-state index contributed by atoms with van der Waals surface area (Å²) in [6.45, 7) is 7.27. The molecule has 0 amide bonds. The summed E-state index contributed by atoms with van der Waals surface area (Å²) in [6, 6.07) is 3.82. The Morgan fingerprint density at radius 3 is 2.80 bits per heavy atom. The van der Waals surface area contributed by atoms with Gasteiger partial charge in [0.15, 0.2) is 0 Å². The van der Waals surface area contributed by atoms with Crippen LogP contribution in [0.2, 0.25) is 0 Å². The molecule has 0 saturated heterocycles. The second kappa shape index (κ2) is 5.97. The number of esters is 1. The van der Waals surface area contributed by atoms with Gasteiger partial charge in [0.25, 0.3) is 11.1 Å². The zero-order chi connectivity index (χ0) is 14.8. The summed E-state index contributed by atoms with van der Waals surface area (Å²) in [4.78, 5) is 12.8. The molecule has 0 N–H and O–H groups in total. The van der Waals surface area contributed by atoms with Crippen LogP contribution in [-0.2, 0) is 9.53 Å². The summed E-state index contributed by atoms with van der Waals surface area (Å²) in [5.74, 6) is 0.178. The lowest BCUT2D eigenvalue weighted by atomic mass is 10.2. The number of hydrogen-bond acceptors (Lipinski definition) is 7. The summed E-state index contributed by atoms with van der Waals surface area (Å²) in [6.07, 6.45) is 0. The zero-order valence-corrected chi connectivity index (χ0v) is 13.4. The van der Waals surface area contributed by atoms with Crippen molar-refractivity contribution in [3.63, 3.8) is 0 Å². The fraction of sp³-hybridized carbons (Fsp3) is 0.462. The van der Waals surface area contributed by atoms with Crippen molar-refractivity contribution in [2.24, 2.45) is 0 Å². The fourth-order valence-corrected chi connectivity index (χ4v) is 2.65. The molecule has 1 atom stereocenters. The number of rotatable bonds is 4. The maximum atomic E-state index is 11.9. The lowest BCUT2D eigenvalue weighted by molar-refractivity contribution is -0.153. The normalized spacial score (nSPS) is 13.2. The summed E-state index contributed by atoms with van der Waals surface area (Å²) < 4.78 is 10.8. The molecule has 0 aliphatic carbocycles. The Morgan fingerprint density at radius 2 is 2.20 bits per heavy atom. The van der Waals surface area contributed by atoms with Gasteiger partial charge in [-0.3, -0.25) is 4.79 Å². The molecular formula is C13H16N2O3S2. The standard InChI is InChI=1S/C13H16N2O3S2/c1-8(11(16)18-13(2,3)4)20-12-15-14-10(17-12)9-6-5-7-19-9/h5-8H,1-4H3. The highest BCUT2D eigenvalue weighted by Gasteiger charge is 2.24. The number of thiophene rings is 1. The fourth-order valence-electron chi connectivity index (χ4n) is 1.34. The van der Waals surface area contributed by atoms with E-state index in [4.69, 9.17) is 9.15 Å². The Bertz CT molecular complexity index is 573. The number of aromatic nitrogens is 2. The van der Waals surface area contributed by atoms with E-state index >= 15 is 0 Å². The molecule has 0 bridgehead atoms. The molecule has 2 aromatic rings. The van der Waals surface area contributed by atoms with Crippen LogP contribution in [0.15, 0.2) is 27.2 Å². The summed E-state index contributed by atoms with van der Waals surface area (Å²) in [7, 11) is 0. The molecule has 7 heteroatoms. The SMILES string of the molecule is CC(Sc1nnc(-c2cccs2)o1)C(=O)OC(C)(C)C. The first kappa shape index (κ1) is 15.1. The van der Waals surface area contributed by atoms with Crippen molar-refractivity contribution in [1.29, 1.82) is 0 Å². The van der Waals surface area contributed by atoms with Crippen molar-refractivity contribution in [3.05, 3.63) is 17.5 Å². The van der Waals surface area contributed by atoms with Crippen LogP contribution in [0.1, 0.15) is 27.7 Å². The average molecular weight is 312 g/mol. The maximum absolute atomic E-state index is 11.9. The molecule has 2 heterocycles.